The zero-order valence-electron chi connectivity index (χ0n) is 10.9. The lowest BCUT2D eigenvalue weighted by Gasteiger charge is -1.99. The summed E-state index contributed by atoms with van der Waals surface area (Å²) in [6.07, 6.45) is 3.04. The Morgan fingerprint density at radius 2 is 2.24 bits per heavy atom. The predicted molar refractivity (Wildman–Crippen MR) is 80.8 cm³/mol. The summed E-state index contributed by atoms with van der Waals surface area (Å²) in [6.45, 7) is 0.193. The van der Waals surface area contributed by atoms with Gasteiger partial charge in [-0.2, -0.15) is 0 Å². The first-order valence-corrected chi connectivity index (χ1v) is 6.92. The van der Waals surface area contributed by atoms with Gasteiger partial charge in [-0.05, 0) is 23.8 Å². The Kier molecular flexibility index (Phi) is 4.68. The number of thiazole rings is 1. The SMILES string of the molecule is Nc1cccc(/C=C/C(=O)NCc2nc(C(=O)O)cs2)c1. The maximum atomic E-state index is 11.6. The molecule has 6 nitrogen and oxygen atoms in total. The second kappa shape index (κ2) is 6.67. The van der Waals surface area contributed by atoms with Crippen LogP contribution in [-0.2, 0) is 11.3 Å². The van der Waals surface area contributed by atoms with Crippen LogP contribution in [0.1, 0.15) is 21.1 Å². The number of aromatic nitrogens is 1. The van der Waals surface area contributed by atoms with Gasteiger partial charge >= 0.3 is 5.97 Å². The third-order valence-corrected chi connectivity index (χ3v) is 3.37. The van der Waals surface area contributed by atoms with Gasteiger partial charge in [-0.25, -0.2) is 9.78 Å². The Morgan fingerprint density at radius 1 is 1.43 bits per heavy atom. The van der Waals surface area contributed by atoms with Crippen molar-refractivity contribution in [2.24, 2.45) is 0 Å². The predicted octanol–water partition coefficient (Wildman–Crippen LogP) is 1.75. The van der Waals surface area contributed by atoms with E-state index in [1.54, 1.807) is 24.3 Å². The van der Waals surface area contributed by atoms with E-state index < -0.39 is 5.97 Å². The number of benzene rings is 1. The number of anilines is 1. The quantitative estimate of drug-likeness (QED) is 0.576. The summed E-state index contributed by atoms with van der Waals surface area (Å²) in [5.41, 5.74) is 7.08. The number of nitrogens with one attached hydrogen (secondary N) is 1. The molecule has 21 heavy (non-hydrogen) atoms. The third kappa shape index (κ3) is 4.43. The van der Waals surface area contributed by atoms with E-state index in [1.807, 2.05) is 6.07 Å². The first-order valence-electron chi connectivity index (χ1n) is 6.04. The van der Waals surface area contributed by atoms with Gasteiger partial charge in [0.1, 0.15) is 5.01 Å². The number of nitrogens with zero attached hydrogens (tertiary/aromatic N) is 1. The molecule has 7 heteroatoms. The molecule has 0 atom stereocenters. The number of hydrogen-bond donors (Lipinski definition) is 3. The molecule has 0 saturated carbocycles. The van der Waals surface area contributed by atoms with E-state index in [2.05, 4.69) is 10.3 Å². The number of carboxylic acid groups (broad SMARTS) is 1. The molecule has 0 radical (unpaired) electrons. The molecule has 2 aromatic rings. The standard InChI is InChI=1S/C14H13N3O3S/c15-10-3-1-2-9(6-10)4-5-12(18)16-7-13-17-11(8-21-13)14(19)20/h1-6,8H,7,15H2,(H,16,18)(H,19,20)/b5-4+. The van der Waals surface area contributed by atoms with Gasteiger partial charge in [0.15, 0.2) is 5.69 Å². The van der Waals surface area contributed by atoms with Crippen molar-refractivity contribution in [2.75, 3.05) is 5.73 Å². The fraction of sp³-hybridized carbons (Fsp3) is 0.0714. The van der Waals surface area contributed by atoms with Crippen LogP contribution < -0.4 is 11.1 Å². The number of rotatable bonds is 5. The molecule has 108 valence electrons. The number of nitrogens with two attached hydrogens (primary N) is 1. The molecule has 1 amide bonds. The zero-order chi connectivity index (χ0) is 15.2. The summed E-state index contributed by atoms with van der Waals surface area (Å²) in [5.74, 6) is -1.37. The van der Waals surface area contributed by atoms with Gasteiger partial charge in [-0.1, -0.05) is 12.1 Å². The highest BCUT2D eigenvalue weighted by Crippen LogP contribution is 2.10. The average molecular weight is 303 g/mol. The van der Waals surface area contributed by atoms with Crippen LogP contribution in [0.5, 0.6) is 0 Å². The molecule has 1 heterocycles. The normalized spacial score (nSPS) is 10.7. The lowest BCUT2D eigenvalue weighted by Crippen LogP contribution is -2.20. The lowest BCUT2D eigenvalue weighted by molar-refractivity contribution is -0.116. The maximum Gasteiger partial charge on any atom is 0.355 e. The minimum atomic E-state index is -1.08. The number of carbonyl (C=O) groups excluding carboxylic acids is 1. The van der Waals surface area contributed by atoms with Crippen LogP contribution >= 0.6 is 11.3 Å². The molecule has 2 rings (SSSR count). The lowest BCUT2D eigenvalue weighted by atomic mass is 10.2. The summed E-state index contributed by atoms with van der Waals surface area (Å²) >= 11 is 1.19. The molecule has 0 unspecified atom stereocenters. The van der Waals surface area contributed by atoms with Crippen LogP contribution in [-0.4, -0.2) is 22.0 Å². The summed E-state index contributed by atoms with van der Waals surface area (Å²) in [4.78, 5) is 26.2. The molecule has 4 N–H and O–H groups in total. The van der Waals surface area contributed by atoms with E-state index in [0.717, 1.165) is 5.56 Å². The maximum absolute atomic E-state index is 11.6. The molecule has 0 spiro atoms. The van der Waals surface area contributed by atoms with Crippen molar-refractivity contribution in [2.45, 2.75) is 6.54 Å². The number of hydrogen-bond acceptors (Lipinski definition) is 5. The Hall–Kier alpha value is -2.67. The summed E-state index contributed by atoms with van der Waals surface area (Å²) in [7, 11) is 0. The fourth-order valence-electron chi connectivity index (χ4n) is 1.55. The Bertz CT molecular complexity index is 694. The Morgan fingerprint density at radius 3 is 2.90 bits per heavy atom. The van der Waals surface area contributed by atoms with Gasteiger partial charge in [0.05, 0.1) is 6.54 Å². The number of nitrogen functional groups attached to an aromatic ring is 1. The first kappa shape index (κ1) is 14.7. The number of amides is 1. The monoisotopic (exact) mass is 303 g/mol. The van der Waals surface area contributed by atoms with Crippen molar-refractivity contribution in [3.05, 3.63) is 52.0 Å². The highest BCUT2D eigenvalue weighted by Gasteiger charge is 2.08. The smallest absolute Gasteiger partial charge is 0.355 e. The van der Waals surface area contributed by atoms with Gasteiger partial charge in [-0.3, -0.25) is 4.79 Å². The van der Waals surface area contributed by atoms with Crippen molar-refractivity contribution < 1.29 is 14.7 Å². The molecule has 0 aliphatic heterocycles. The topological polar surface area (TPSA) is 105 Å². The Labute approximate surface area is 124 Å². The molecule has 0 aliphatic rings. The molecule has 0 bridgehead atoms. The first-order chi connectivity index (χ1) is 10.0. The number of aromatic carboxylic acids is 1. The van der Waals surface area contributed by atoms with Crippen LogP contribution in [0.2, 0.25) is 0 Å². The number of carbonyl (C=O) groups is 2. The van der Waals surface area contributed by atoms with Crippen LogP contribution in [0.25, 0.3) is 6.08 Å². The molecule has 1 aromatic carbocycles. The van der Waals surface area contributed by atoms with Crippen molar-refractivity contribution in [1.82, 2.24) is 10.3 Å². The van der Waals surface area contributed by atoms with Gasteiger partial charge in [-0.15, -0.1) is 11.3 Å². The molecular formula is C14H13N3O3S. The van der Waals surface area contributed by atoms with E-state index in [9.17, 15) is 9.59 Å². The van der Waals surface area contributed by atoms with Crippen molar-refractivity contribution in [1.29, 1.82) is 0 Å². The highest BCUT2D eigenvalue weighted by molar-refractivity contribution is 7.09. The molecule has 0 fully saturated rings. The Balaban J connectivity index is 1.88. The number of carboxylic acids is 1. The van der Waals surface area contributed by atoms with Crippen LogP contribution in [0.4, 0.5) is 5.69 Å². The molecule has 1 aromatic heterocycles. The van der Waals surface area contributed by atoms with E-state index in [4.69, 9.17) is 10.8 Å². The minimum absolute atomic E-state index is 0.0143. The van der Waals surface area contributed by atoms with E-state index in [1.165, 1.54) is 22.8 Å². The van der Waals surface area contributed by atoms with Gasteiger partial charge in [0.25, 0.3) is 0 Å². The van der Waals surface area contributed by atoms with Crippen molar-refractivity contribution in [3.63, 3.8) is 0 Å². The third-order valence-electron chi connectivity index (χ3n) is 2.52. The van der Waals surface area contributed by atoms with E-state index in [-0.39, 0.29) is 18.1 Å². The van der Waals surface area contributed by atoms with Gasteiger partial charge < -0.3 is 16.2 Å². The second-order valence-corrected chi connectivity index (χ2v) is 5.10. The summed E-state index contributed by atoms with van der Waals surface area (Å²) in [5, 5.41) is 13.4. The van der Waals surface area contributed by atoms with E-state index in [0.29, 0.717) is 10.7 Å². The molecular weight excluding hydrogens is 290 g/mol. The largest absolute Gasteiger partial charge is 0.476 e. The summed E-state index contributed by atoms with van der Waals surface area (Å²) in [6, 6.07) is 7.15. The zero-order valence-corrected chi connectivity index (χ0v) is 11.8. The van der Waals surface area contributed by atoms with Gasteiger partial charge in [0.2, 0.25) is 5.91 Å². The van der Waals surface area contributed by atoms with Crippen LogP contribution in [0, 0.1) is 0 Å². The highest BCUT2D eigenvalue weighted by atomic mass is 32.1. The summed E-state index contributed by atoms with van der Waals surface area (Å²) < 4.78 is 0. The average Bonchev–Trinajstić information content (AvgIpc) is 2.92. The van der Waals surface area contributed by atoms with Crippen LogP contribution in [0.3, 0.4) is 0 Å². The van der Waals surface area contributed by atoms with E-state index >= 15 is 0 Å². The molecule has 0 saturated heterocycles. The second-order valence-electron chi connectivity index (χ2n) is 4.15. The van der Waals surface area contributed by atoms with Gasteiger partial charge in [0, 0.05) is 17.1 Å². The minimum Gasteiger partial charge on any atom is -0.476 e. The van der Waals surface area contributed by atoms with Crippen molar-refractivity contribution in [3.8, 4) is 0 Å². The molecule has 0 aliphatic carbocycles. The van der Waals surface area contributed by atoms with Crippen LogP contribution in [0.15, 0.2) is 35.7 Å². The fourth-order valence-corrected chi connectivity index (χ4v) is 2.25. The van der Waals surface area contributed by atoms with Crippen molar-refractivity contribution >= 4 is 35.0 Å².